The molecule has 1 unspecified atom stereocenters. The minimum atomic E-state index is 0.150. The van der Waals surface area contributed by atoms with Crippen LogP contribution in [0.5, 0.6) is 0 Å². The van der Waals surface area contributed by atoms with Crippen LogP contribution >= 0.6 is 23.4 Å². The minimum absolute atomic E-state index is 0.150. The van der Waals surface area contributed by atoms with Gasteiger partial charge in [0.05, 0.1) is 0 Å². The van der Waals surface area contributed by atoms with E-state index < -0.39 is 0 Å². The van der Waals surface area contributed by atoms with Crippen LogP contribution in [-0.2, 0) is 4.79 Å². The Bertz CT molecular complexity index is 172. The molecule has 1 atom stereocenters. The first-order valence-electron chi connectivity index (χ1n) is 5.27. The number of nitrogens with one attached hydrogen (secondary N) is 1. The van der Waals surface area contributed by atoms with Gasteiger partial charge in [-0.15, -0.1) is 11.6 Å². The van der Waals surface area contributed by atoms with E-state index in [1.807, 2.05) is 11.8 Å². The van der Waals surface area contributed by atoms with Gasteiger partial charge >= 0.3 is 0 Å². The third-order valence-electron chi connectivity index (χ3n) is 2.34. The maximum atomic E-state index is 11.3. The number of hydrogen-bond acceptors (Lipinski definition) is 2. The van der Waals surface area contributed by atoms with Gasteiger partial charge in [0.2, 0.25) is 5.91 Å². The monoisotopic (exact) mass is 235 g/mol. The number of carbonyl (C=O) groups excluding carboxylic acids is 1. The first-order valence-corrected chi connectivity index (χ1v) is 6.85. The van der Waals surface area contributed by atoms with Crippen LogP contribution in [0.2, 0.25) is 0 Å². The van der Waals surface area contributed by atoms with Crippen molar-refractivity contribution >= 4 is 29.3 Å². The number of rotatable bonds is 5. The van der Waals surface area contributed by atoms with Crippen molar-refractivity contribution in [3.05, 3.63) is 0 Å². The smallest absolute Gasteiger partial charge is 0.220 e. The standard InChI is InChI=1S/C10H18ClNOS/c11-6-3-5-10(13)12-8-9-4-1-2-7-14-9/h9H,1-8H2,(H,12,13). The van der Waals surface area contributed by atoms with Gasteiger partial charge in [0, 0.05) is 24.1 Å². The van der Waals surface area contributed by atoms with Crippen LogP contribution in [0.3, 0.4) is 0 Å². The van der Waals surface area contributed by atoms with E-state index in [-0.39, 0.29) is 5.91 Å². The molecule has 82 valence electrons. The lowest BCUT2D eigenvalue weighted by molar-refractivity contribution is -0.121. The normalized spacial score (nSPS) is 21.9. The lowest BCUT2D eigenvalue weighted by atomic mass is 10.2. The molecule has 4 heteroatoms. The van der Waals surface area contributed by atoms with Gasteiger partial charge in [-0.05, 0) is 25.0 Å². The molecule has 1 fully saturated rings. The average Bonchev–Trinajstić information content (AvgIpc) is 2.25. The number of halogens is 1. The Morgan fingerprint density at radius 2 is 2.36 bits per heavy atom. The molecule has 1 saturated heterocycles. The zero-order chi connectivity index (χ0) is 10.2. The first kappa shape index (κ1) is 12.2. The van der Waals surface area contributed by atoms with Gasteiger partial charge in [0.1, 0.15) is 0 Å². The van der Waals surface area contributed by atoms with E-state index >= 15 is 0 Å². The molecule has 0 saturated carbocycles. The largest absolute Gasteiger partial charge is 0.355 e. The average molecular weight is 236 g/mol. The maximum absolute atomic E-state index is 11.3. The predicted octanol–water partition coefficient (Wildman–Crippen LogP) is 2.41. The Hall–Kier alpha value is 0.110. The lowest BCUT2D eigenvalue weighted by Crippen LogP contribution is -2.31. The Morgan fingerprint density at radius 3 is 3.00 bits per heavy atom. The van der Waals surface area contributed by atoms with E-state index in [4.69, 9.17) is 11.6 Å². The fraction of sp³-hybridized carbons (Fsp3) is 0.900. The fourth-order valence-corrected chi connectivity index (χ4v) is 2.88. The zero-order valence-corrected chi connectivity index (χ0v) is 10.0. The van der Waals surface area contributed by atoms with Crippen LogP contribution in [0.1, 0.15) is 32.1 Å². The molecule has 1 heterocycles. The molecule has 1 aliphatic heterocycles. The molecule has 1 N–H and O–H groups in total. The topological polar surface area (TPSA) is 29.1 Å². The van der Waals surface area contributed by atoms with Crippen molar-refractivity contribution in [1.82, 2.24) is 5.32 Å². The summed E-state index contributed by atoms with van der Waals surface area (Å²) in [4.78, 5) is 11.3. The predicted molar refractivity (Wildman–Crippen MR) is 63.1 cm³/mol. The van der Waals surface area contributed by atoms with E-state index in [9.17, 15) is 4.79 Å². The minimum Gasteiger partial charge on any atom is -0.355 e. The van der Waals surface area contributed by atoms with Crippen molar-refractivity contribution in [1.29, 1.82) is 0 Å². The van der Waals surface area contributed by atoms with Crippen LogP contribution < -0.4 is 5.32 Å². The van der Waals surface area contributed by atoms with Crippen molar-refractivity contribution in [2.24, 2.45) is 0 Å². The second-order valence-electron chi connectivity index (χ2n) is 3.59. The number of thioether (sulfide) groups is 1. The van der Waals surface area contributed by atoms with E-state index in [0.29, 0.717) is 17.6 Å². The van der Waals surface area contributed by atoms with Gasteiger partial charge in [-0.2, -0.15) is 11.8 Å². The molecule has 0 aliphatic carbocycles. The van der Waals surface area contributed by atoms with Gasteiger partial charge in [-0.3, -0.25) is 4.79 Å². The third kappa shape index (κ3) is 5.11. The van der Waals surface area contributed by atoms with Crippen LogP contribution in [0.25, 0.3) is 0 Å². The van der Waals surface area contributed by atoms with Crippen molar-refractivity contribution in [3.8, 4) is 0 Å². The lowest BCUT2D eigenvalue weighted by Gasteiger charge is -2.21. The second-order valence-corrected chi connectivity index (χ2v) is 5.37. The van der Waals surface area contributed by atoms with Gasteiger partial charge in [-0.1, -0.05) is 6.42 Å². The van der Waals surface area contributed by atoms with Crippen molar-refractivity contribution in [3.63, 3.8) is 0 Å². The van der Waals surface area contributed by atoms with Crippen LogP contribution in [-0.4, -0.2) is 29.3 Å². The molecular weight excluding hydrogens is 218 g/mol. The third-order valence-corrected chi connectivity index (χ3v) is 4.00. The molecule has 2 nitrogen and oxygen atoms in total. The summed E-state index contributed by atoms with van der Waals surface area (Å²) in [6, 6.07) is 0. The number of carbonyl (C=O) groups is 1. The summed E-state index contributed by atoms with van der Waals surface area (Å²) in [5.41, 5.74) is 0. The van der Waals surface area contributed by atoms with Gasteiger partial charge in [0.25, 0.3) is 0 Å². The Balaban J connectivity index is 2.03. The Morgan fingerprint density at radius 1 is 1.50 bits per heavy atom. The van der Waals surface area contributed by atoms with Gasteiger partial charge in [0.15, 0.2) is 0 Å². The fourth-order valence-electron chi connectivity index (χ4n) is 1.51. The van der Waals surface area contributed by atoms with Crippen molar-refractivity contribution in [2.75, 3.05) is 18.2 Å². The summed E-state index contributed by atoms with van der Waals surface area (Å²) in [5, 5.41) is 3.61. The summed E-state index contributed by atoms with van der Waals surface area (Å²) < 4.78 is 0. The van der Waals surface area contributed by atoms with E-state index in [0.717, 1.165) is 13.0 Å². The summed E-state index contributed by atoms with van der Waals surface area (Å²) >= 11 is 7.50. The molecule has 0 bridgehead atoms. The van der Waals surface area contributed by atoms with Gasteiger partial charge < -0.3 is 5.32 Å². The SMILES string of the molecule is O=C(CCCCl)NCC1CCCCS1. The molecule has 0 spiro atoms. The molecule has 0 aromatic heterocycles. The molecule has 1 rings (SSSR count). The summed E-state index contributed by atoms with van der Waals surface area (Å²) in [6.07, 6.45) is 5.25. The number of hydrogen-bond donors (Lipinski definition) is 1. The van der Waals surface area contributed by atoms with Crippen LogP contribution in [0.15, 0.2) is 0 Å². The highest BCUT2D eigenvalue weighted by atomic mass is 35.5. The second kappa shape index (κ2) is 7.41. The zero-order valence-electron chi connectivity index (χ0n) is 8.43. The molecule has 0 aromatic rings. The quantitative estimate of drug-likeness (QED) is 0.742. The maximum Gasteiger partial charge on any atom is 0.220 e. The van der Waals surface area contributed by atoms with E-state index in [1.54, 1.807) is 0 Å². The first-order chi connectivity index (χ1) is 6.83. The number of alkyl halides is 1. The highest BCUT2D eigenvalue weighted by Crippen LogP contribution is 2.24. The molecule has 1 aliphatic rings. The van der Waals surface area contributed by atoms with Gasteiger partial charge in [-0.25, -0.2) is 0 Å². The van der Waals surface area contributed by atoms with E-state index in [2.05, 4.69) is 5.32 Å². The van der Waals surface area contributed by atoms with Crippen molar-refractivity contribution < 1.29 is 4.79 Å². The Kier molecular flexibility index (Phi) is 6.45. The molecule has 1 amide bonds. The summed E-state index contributed by atoms with van der Waals surface area (Å²) in [6.45, 7) is 0.839. The van der Waals surface area contributed by atoms with E-state index in [1.165, 1.54) is 25.0 Å². The molecule has 0 aromatic carbocycles. The molecular formula is C10H18ClNOS. The molecule has 0 radical (unpaired) electrons. The Labute approximate surface area is 95.2 Å². The summed E-state index contributed by atoms with van der Waals surface area (Å²) in [7, 11) is 0. The molecule has 14 heavy (non-hydrogen) atoms. The van der Waals surface area contributed by atoms with Crippen LogP contribution in [0, 0.1) is 0 Å². The highest BCUT2D eigenvalue weighted by molar-refractivity contribution is 7.99. The highest BCUT2D eigenvalue weighted by Gasteiger charge is 2.14. The van der Waals surface area contributed by atoms with Crippen LogP contribution in [0.4, 0.5) is 0 Å². The van der Waals surface area contributed by atoms with Crippen molar-refractivity contribution in [2.45, 2.75) is 37.4 Å². The summed E-state index contributed by atoms with van der Waals surface area (Å²) in [5.74, 6) is 1.98. The number of amides is 1.